The number of nitrogens with one attached hydrogen (secondary N) is 1. The third kappa shape index (κ3) is 8.03. The first-order valence-electron chi connectivity index (χ1n) is 7.44. The van der Waals surface area contributed by atoms with Gasteiger partial charge in [-0.1, -0.05) is 20.8 Å². The summed E-state index contributed by atoms with van der Waals surface area (Å²) in [6.07, 6.45) is 2.25. The quantitative estimate of drug-likeness (QED) is 0.549. The number of aliphatic hydroxyl groups excluding tert-OH is 1. The summed E-state index contributed by atoms with van der Waals surface area (Å²) in [5, 5.41) is 12.3. The summed E-state index contributed by atoms with van der Waals surface area (Å²) >= 11 is 0. The van der Waals surface area contributed by atoms with Gasteiger partial charge in [0.15, 0.2) is 0 Å². The summed E-state index contributed by atoms with van der Waals surface area (Å²) in [5.74, 6) is 0. The Kier molecular flexibility index (Phi) is 11.8. The monoisotopic (exact) mass is 259 g/mol. The molecule has 0 radical (unpaired) electrons. The van der Waals surface area contributed by atoms with E-state index in [1.807, 2.05) is 7.05 Å². The van der Waals surface area contributed by atoms with Gasteiger partial charge >= 0.3 is 0 Å². The van der Waals surface area contributed by atoms with Crippen molar-refractivity contribution >= 4 is 0 Å². The number of hydrogen-bond acceptors (Lipinski definition) is 4. The van der Waals surface area contributed by atoms with Crippen LogP contribution in [0.2, 0.25) is 0 Å². The molecule has 0 aromatic heterocycles. The topological polar surface area (TPSA) is 38.7 Å². The minimum absolute atomic E-state index is 0.230. The molecule has 2 N–H and O–H groups in total. The molecule has 0 aliphatic rings. The number of hydrogen-bond donors (Lipinski definition) is 2. The Hall–Kier alpha value is -0.160. The van der Waals surface area contributed by atoms with Crippen LogP contribution in [0, 0.1) is 0 Å². The maximum atomic E-state index is 9.14. The molecular formula is C14H33N3O. The third-order valence-electron chi connectivity index (χ3n) is 3.71. The van der Waals surface area contributed by atoms with Crippen molar-refractivity contribution in [2.45, 2.75) is 39.7 Å². The lowest BCUT2D eigenvalue weighted by molar-refractivity contribution is 0.205. The fourth-order valence-corrected chi connectivity index (χ4v) is 2.15. The Morgan fingerprint density at radius 1 is 0.944 bits per heavy atom. The molecule has 0 saturated carbocycles. The summed E-state index contributed by atoms with van der Waals surface area (Å²) < 4.78 is 0. The van der Waals surface area contributed by atoms with Crippen LogP contribution >= 0.6 is 0 Å². The second kappa shape index (κ2) is 11.9. The van der Waals surface area contributed by atoms with E-state index in [-0.39, 0.29) is 12.6 Å². The summed E-state index contributed by atoms with van der Waals surface area (Å²) in [7, 11) is 1.91. The Labute approximate surface area is 113 Å². The van der Waals surface area contributed by atoms with E-state index in [0.717, 1.165) is 39.1 Å². The van der Waals surface area contributed by atoms with Crippen molar-refractivity contribution in [3.8, 4) is 0 Å². The molecule has 0 aliphatic carbocycles. The predicted molar refractivity (Wildman–Crippen MR) is 79.1 cm³/mol. The molecule has 1 unspecified atom stereocenters. The molecule has 0 saturated heterocycles. The Morgan fingerprint density at radius 3 is 1.94 bits per heavy atom. The molecule has 0 spiro atoms. The highest BCUT2D eigenvalue weighted by atomic mass is 16.3. The molecule has 0 fully saturated rings. The van der Waals surface area contributed by atoms with Crippen LogP contribution in [0.1, 0.15) is 33.6 Å². The van der Waals surface area contributed by atoms with E-state index in [4.69, 9.17) is 5.11 Å². The molecule has 4 heteroatoms. The summed E-state index contributed by atoms with van der Waals surface area (Å²) in [6.45, 7) is 13.7. The highest BCUT2D eigenvalue weighted by Gasteiger charge is 2.08. The minimum atomic E-state index is 0.230. The van der Waals surface area contributed by atoms with Crippen LogP contribution in [0.15, 0.2) is 0 Å². The molecule has 0 bridgehead atoms. The van der Waals surface area contributed by atoms with E-state index < -0.39 is 0 Å². The lowest BCUT2D eigenvalue weighted by atomic mass is 10.2. The largest absolute Gasteiger partial charge is 0.395 e. The summed E-state index contributed by atoms with van der Waals surface area (Å²) in [4.78, 5) is 4.95. The Morgan fingerprint density at radius 2 is 1.50 bits per heavy atom. The molecule has 1 atom stereocenters. The highest BCUT2D eigenvalue weighted by Crippen LogP contribution is 1.99. The van der Waals surface area contributed by atoms with Crippen molar-refractivity contribution in [3.63, 3.8) is 0 Å². The van der Waals surface area contributed by atoms with Gasteiger partial charge < -0.3 is 20.2 Å². The number of rotatable bonds is 12. The lowest BCUT2D eigenvalue weighted by Gasteiger charge is -2.24. The van der Waals surface area contributed by atoms with E-state index in [0.29, 0.717) is 0 Å². The molecule has 0 heterocycles. The first-order chi connectivity index (χ1) is 8.71. The van der Waals surface area contributed by atoms with E-state index in [2.05, 4.69) is 35.9 Å². The molecule has 18 heavy (non-hydrogen) atoms. The predicted octanol–water partition coefficient (Wildman–Crippen LogP) is 1.01. The highest BCUT2D eigenvalue weighted by molar-refractivity contribution is 4.67. The van der Waals surface area contributed by atoms with Crippen LogP contribution in [0.4, 0.5) is 0 Å². The van der Waals surface area contributed by atoms with Crippen LogP contribution < -0.4 is 5.32 Å². The average Bonchev–Trinajstić information content (AvgIpc) is 2.42. The van der Waals surface area contributed by atoms with Crippen LogP contribution in [0.25, 0.3) is 0 Å². The molecule has 0 aliphatic heterocycles. The number of nitrogens with zero attached hydrogens (tertiary/aromatic N) is 2. The fourth-order valence-electron chi connectivity index (χ4n) is 2.15. The zero-order valence-corrected chi connectivity index (χ0v) is 12.8. The van der Waals surface area contributed by atoms with Crippen LogP contribution in [-0.2, 0) is 0 Å². The normalized spacial score (nSPS) is 13.5. The van der Waals surface area contributed by atoms with E-state index in [1.54, 1.807) is 0 Å². The molecule has 110 valence electrons. The van der Waals surface area contributed by atoms with Gasteiger partial charge in [-0.05, 0) is 59.2 Å². The van der Waals surface area contributed by atoms with Crippen LogP contribution in [-0.4, -0.2) is 73.9 Å². The smallest absolute Gasteiger partial charge is 0.0585 e. The average molecular weight is 259 g/mol. The van der Waals surface area contributed by atoms with E-state index in [9.17, 15) is 0 Å². The van der Waals surface area contributed by atoms with Gasteiger partial charge in [0, 0.05) is 6.04 Å². The van der Waals surface area contributed by atoms with Crippen LogP contribution in [0.5, 0.6) is 0 Å². The van der Waals surface area contributed by atoms with Crippen LogP contribution in [0.3, 0.4) is 0 Å². The maximum Gasteiger partial charge on any atom is 0.0585 e. The van der Waals surface area contributed by atoms with Crippen molar-refractivity contribution in [2.75, 3.05) is 52.9 Å². The van der Waals surface area contributed by atoms with Gasteiger partial charge in [0.1, 0.15) is 0 Å². The van der Waals surface area contributed by atoms with Crippen molar-refractivity contribution in [2.24, 2.45) is 0 Å². The van der Waals surface area contributed by atoms with Gasteiger partial charge in [-0.25, -0.2) is 0 Å². The standard InChI is InChI=1S/C14H33N3O/c1-5-16(6-2)10-8-11-17(7-3)12-9-14(13-18)15-4/h14-15,18H,5-13H2,1-4H3. The zero-order valence-electron chi connectivity index (χ0n) is 12.8. The first kappa shape index (κ1) is 17.8. The van der Waals surface area contributed by atoms with Gasteiger partial charge in [-0.3, -0.25) is 0 Å². The van der Waals surface area contributed by atoms with E-state index in [1.165, 1.54) is 13.0 Å². The fraction of sp³-hybridized carbons (Fsp3) is 1.00. The summed E-state index contributed by atoms with van der Waals surface area (Å²) in [6, 6.07) is 0.238. The lowest BCUT2D eigenvalue weighted by Crippen LogP contribution is -2.36. The maximum absolute atomic E-state index is 9.14. The second-order valence-corrected chi connectivity index (χ2v) is 4.77. The van der Waals surface area contributed by atoms with Gasteiger partial charge in [-0.15, -0.1) is 0 Å². The molecule has 4 nitrogen and oxygen atoms in total. The number of aliphatic hydroxyl groups is 1. The van der Waals surface area contributed by atoms with Crippen molar-refractivity contribution in [1.29, 1.82) is 0 Å². The second-order valence-electron chi connectivity index (χ2n) is 4.77. The molecule has 0 rings (SSSR count). The zero-order chi connectivity index (χ0) is 13.8. The number of likely N-dealkylation sites (N-methyl/N-ethyl adjacent to an activating group) is 1. The van der Waals surface area contributed by atoms with Gasteiger partial charge in [0.2, 0.25) is 0 Å². The Balaban J connectivity index is 3.76. The van der Waals surface area contributed by atoms with Gasteiger partial charge in [-0.2, -0.15) is 0 Å². The molecular weight excluding hydrogens is 226 g/mol. The molecule has 0 aromatic rings. The van der Waals surface area contributed by atoms with Gasteiger partial charge in [0.25, 0.3) is 0 Å². The van der Waals surface area contributed by atoms with Gasteiger partial charge in [0.05, 0.1) is 6.61 Å². The minimum Gasteiger partial charge on any atom is -0.395 e. The van der Waals surface area contributed by atoms with Crippen molar-refractivity contribution < 1.29 is 5.11 Å². The van der Waals surface area contributed by atoms with Crippen molar-refractivity contribution in [3.05, 3.63) is 0 Å². The molecule has 0 amide bonds. The van der Waals surface area contributed by atoms with E-state index >= 15 is 0 Å². The van der Waals surface area contributed by atoms with Crippen molar-refractivity contribution in [1.82, 2.24) is 15.1 Å². The Bertz CT molecular complexity index is 170. The summed E-state index contributed by atoms with van der Waals surface area (Å²) in [5.41, 5.74) is 0. The SMILES string of the molecule is CCN(CC)CCCN(CC)CCC(CO)NC. The third-order valence-corrected chi connectivity index (χ3v) is 3.71. The molecule has 0 aromatic carbocycles. The first-order valence-corrected chi connectivity index (χ1v) is 7.44.